The predicted molar refractivity (Wildman–Crippen MR) is 77.6 cm³/mol. The summed E-state index contributed by atoms with van der Waals surface area (Å²) in [6, 6.07) is 4.19. The summed E-state index contributed by atoms with van der Waals surface area (Å²) < 4.78 is 0. The van der Waals surface area contributed by atoms with Crippen LogP contribution in [-0.4, -0.2) is 23.3 Å². The van der Waals surface area contributed by atoms with E-state index in [4.69, 9.17) is 11.6 Å². The Morgan fingerprint density at radius 2 is 2.00 bits per heavy atom. The molecular formula is C15H22ClNO. The third kappa shape index (κ3) is 2.50. The molecule has 1 N–H and O–H groups in total. The van der Waals surface area contributed by atoms with Crippen molar-refractivity contribution in [1.82, 2.24) is 0 Å². The van der Waals surface area contributed by atoms with Crippen molar-refractivity contribution in [2.75, 3.05) is 11.4 Å². The zero-order valence-electron chi connectivity index (χ0n) is 11.6. The molecule has 0 bridgehead atoms. The van der Waals surface area contributed by atoms with Crippen LogP contribution in [0, 0.1) is 13.8 Å². The van der Waals surface area contributed by atoms with Crippen molar-refractivity contribution in [2.45, 2.75) is 52.2 Å². The van der Waals surface area contributed by atoms with E-state index in [0.29, 0.717) is 0 Å². The molecule has 1 atom stereocenters. The molecule has 0 radical (unpaired) electrons. The Balaban J connectivity index is 2.43. The normalized spacial score (nSPS) is 23.2. The minimum Gasteiger partial charge on any atom is -0.393 e. The Hall–Kier alpha value is -0.730. The molecule has 0 aliphatic carbocycles. The molecule has 0 spiro atoms. The first-order valence-electron chi connectivity index (χ1n) is 6.54. The van der Waals surface area contributed by atoms with Gasteiger partial charge in [0.1, 0.15) is 0 Å². The summed E-state index contributed by atoms with van der Waals surface area (Å²) in [5, 5.41) is 10.6. The van der Waals surface area contributed by atoms with Crippen molar-refractivity contribution < 1.29 is 5.11 Å². The van der Waals surface area contributed by atoms with Crippen LogP contribution in [0.2, 0.25) is 5.02 Å². The summed E-state index contributed by atoms with van der Waals surface area (Å²) in [6.07, 6.45) is 1.41. The zero-order chi connectivity index (χ0) is 13.5. The highest BCUT2D eigenvalue weighted by Gasteiger charge is 2.35. The number of piperidine rings is 1. The molecule has 2 rings (SSSR count). The first kappa shape index (κ1) is 13.7. The van der Waals surface area contributed by atoms with E-state index in [-0.39, 0.29) is 11.6 Å². The number of hydrogen-bond acceptors (Lipinski definition) is 2. The van der Waals surface area contributed by atoms with Crippen LogP contribution in [0.25, 0.3) is 0 Å². The average Bonchev–Trinajstić information content (AvgIpc) is 2.18. The first-order chi connectivity index (χ1) is 8.31. The lowest BCUT2D eigenvalue weighted by Gasteiger charge is -2.47. The van der Waals surface area contributed by atoms with E-state index in [2.05, 4.69) is 38.7 Å². The summed E-state index contributed by atoms with van der Waals surface area (Å²) in [4.78, 5) is 2.34. The fourth-order valence-corrected chi connectivity index (χ4v) is 3.46. The fraction of sp³-hybridized carbons (Fsp3) is 0.600. The Labute approximate surface area is 115 Å². The maximum atomic E-state index is 9.83. The third-order valence-corrected chi connectivity index (χ3v) is 4.11. The Bertz CT molecular complexity index is 433. The van der Waals surface area contributed by atoms with Gasteiger partial charge in [0.25, 0.3) is 0 Å². The van der Waals surface area contributed by atoms with Gasteiger partial charge in [-0.15, -0.1) is 0 Å². The molecule has 2 nitrogen and oxygen atoms in total. The van der Waals surface area contributed by atoms with Crippen molar-refractivity contribution in [3.63, 3.8) is 0 Å². The molecule has 0 aromatic heterocycles. The van der Waals surface area contributed by atoms with Gasteiger partial charge in [-0.2, -0.15) is 0 Å². The van der Waals surface area contributed by atoms with Gasteiger partial charge < -0.3 is 10.0 Å². The second kappa shape index (κ2) is 4.75. The second-order valence-electron chi connectivity index (χ2n) is 6.02. The van der Waals surface area contributed by atoms with Crippen molar-refractivity contribution in [3.05, 3.63) is 28.3 Å². The van der Waals surface area contributed by atoms with Gasteiger partial charge in [0.2, 0.25) is 0 Å². The van der Waals surface area contributed by atoms with Crippen LogP contribution >= 0.6 is 11.6 Å². The molecule has 100 valence electrons. The molecule has 1 heterocycles. The molecule has 1 aliphatic rings. The maximum Gasteiger partial charge on any atom is 0.0645 e. The molecule has 1 fully saturated rings. The van der Waals surface area contributed by atoms with E-state index in [0.717, 1.165) is 30.1 Å². The first-order valence-corrected chi connectivity index (χ1v) is 6.91. The third-order valence-electron chi connectivity index (χ3n) is 3.82. The van der Waals surface area contributed by atoms with Gasteiger partial charge in [-0.3, -0.25) is 0 Å². The molecule has 3 heteroatoms. The van der Waals surface area contributed by atoms with Crippen LogP contribution in [0.3, 0.4) is 0 Å². The summed E-state index contributed by atoms with van der Waals surface area (Å²) in [6.45, 7) is 9.37. The minimum absolute atomic E-state index is 0.0542. The minimum atomic E-state index is -0.194. The summed E-state index contributed by atoms with van der Waals surface area (Å²) in [7, 11) is 0. The number of aryl methyl sites for hydroxylation is 2. The van der Waals surface area contributed by atoms with Crippen LogP contribution in [-0.2, 0) is 0 Å². The van der Waals surface area contributed by atoms with Crippen molar-refractivity contribution in [3.8, 4) is 0 Å². The van der Waals surface area contributed by atoms with Crippen LogP contribution in [0.4, 0.5) is 5.69 Å². The molecular weight excluding hydrogens is 246 g/mol. The van der Waals surface area contributed by atoms with E-state index >= 15 is 0 Å². The van der Waals surface area contributed by atoms with Gasteiger partial charge in [-0.1, -0.05) is 17.7 Å². The van der Waals surface area contributed by atoms with Gasteiger partial charge >= 0.3 is 0 Å². The van der Waals surface area contributed by atoms with Crippen LogP contribution in [0.15, 0.2) is 12.1 Å². The fourth-order valence-electron chi connectivity index (χ4n) is 3.03. The number of rotatable bonds is 1. The van der Waals surface area contributed by atoms with E-state index in [1.54, 1.807) is 0 Å². The van der Waals surface area contributed by atoms with E-state index in [9.17, 15) is 5.11 Å². The number of aliphatic hydroxyl groups is 1. The molecule has 1 aliphatic heterocycles. The number of anilines is 1. The molecule has 1 aromatic rings. The second-order valence-corrected chi connectivity index (χ2v) is 6.43. The predicted octanol–water partition coefficient (Wildman–Crippen LogP) is 3.70. The highest BCUT2D eigenvalue weighted by molar-refractivity contribution is 6.33. The molecule has 1 saturated heterocycles. The van der Waals surface area contributed by atoms with Crippen LogP contribution in [0.5, 0.6) is 0 Å². The van der Waals surface area contributed by atoms with Crippen LogP contribution in [0.1, 0.15) is 37.8 Å². The Kier molecular flexibility index (Phi) is 3.61. The number of nitrogens with zero attached hydrogens (tertiary/aromatic N) is 1. The summed E-state index contributed by atoms with van der Waals surface area (Å²) in [5.41, 5.74) is 3.47. The molecule has 1 unspecified atom stereocenters. The van der Waals surface area contributed by atoms with E-state index in [1.807, 2.05) is 6.07 Å². The van der Waals surface area contributed by atoms with Gasteiger partial charge in [0.05, 0.1) is 16.8 Å². The monoisotopic (exact) mass is 267 g/mol. The smallest absolute Gasteiger partial charge is 0.0645 e. The Morgan fingerprint density at radius 1 is 1.33 bits per heavy atom. The lowest BCUT2D eigenvalue weighted by molar-refractivity contribution is 0.107. The molecule has 18 heavy (non-hydrogen) atoms. The van der Waals surface area contributed by atoms with Crippen LogP contribution < -0.4 is 4.90 Å². The van der Waals surface area contributed by atoms with E-state index in [1.165, 1.54) is 11.1 Å². The van der Waals surface area contributed by atoms with Gasteiger partial charge in [-0.25, -0.2) is 0 Å². The topological polar surface area (TPSA) is 23.5 Å². The van der Waals surface area contributed by atoms with Gasteiger partial charge in [0.15, 0.2) is 0 Å². The molecule has 0 amide bonds. The Morgan fingerprint density at radius 3 is 2.56 bits per heavy atom. The standard InChI is InChI=1S/C15H22ClNO/c1-10-7-11(2)14(13(16)8-10)17-6-5-12(18)9-15(17,3)4/h7-8,12,18H,5-6,9H2,1-4H3. The molecule has 0 saturated carbocycles. The van der Waals surface area contributed by atoms with Gasteiger partial charge in [0, 0.05) is 12.1 Å². The van der Waals surface area contributed by atoms with Crippen molar-refractivity contribution >= 4 is 17.3 Å². The lowest BCUT2D eigenvalue weighted by Crippen LogP contribution is -2.52. The lowest BCUT2D eigenvalue weighted by atomic mass is 9.87. The highest BCUT2D eigenvalue weighted by atomic mass is 35.5. The summed E-state index contributed by atoms with van der Waals surface area (Å²) >= 11 is 6.43. The zero-order valence-corrected chi connectivity index (χ0v) is 12.4. The van der Waals surface area contributed by atoms with E-state index < -0.39 is 0 Å². The number of hydrogen-bond donors (Lipinski definition) is 1. The average molecular weight is 268 g/mol. The van der Waals surface area contributed by atoms with Crippen molar-refractivity contribution in [2.24, 2.45) is 0 Å². The number of benzene rings is 1. The highest BCUT2D eigenvalue weighted by Crippen LogP contribution is 2.39. The van der Waals surface area contributed by atoms with Gasteiger partial charge in [-0.05, 0) is 57.7 Å². The SMILES string of the molecule is Cc1cc(C)c(N2CCC(O)CC2(C)C)c(Cl)c1. The maximum absolute atomic E-state index is 9.83. The quantitative estimate of drug-likeness (QED) is 0.839. The molecule has 1 aromatic carbocycles. The number of aliphatic hydroxyl groups excluding tert-OH is 1. The largest absolute Gasteiger partial charge is 0.393 e. The summed E-state index contributed by atoms with van der Waals surface area (Å²) in [5.74, 6) is 0. The van der Waals surface area contributed by atoms with Crippen molar-refractivity contribution in [1.29, 1.82) is 0 Å². The number of halogens is 1.